The van der Waals surface area contributed by atoms with Gasteiger partial charge in [-0.25, -0.2) is 9.78 Å². The summed E-state index contributed by atoms with van der Waals surface area (Å²) in [5.74, 6) is 0.747. The van der Waals surface area contributed by atoms with Gasteiger partial charge in [-0.3, -0.25) is 13.9 Å². The van der Waals surface area contributed by atoms with Crippen LogP contribution in [0.5, 0.6) is 5.75 Å². The first-order valence-corrected chi connectivity index (χ1v) is 8.37. The molecule has 0 amide bonds. The van der Waals surface area contributed by atoms with E-state index in [-0.39, 0.29) is 5.56 Å². The molecule has 0 saturated heterocycles. The summed E-state index contributed by atoms with van der Waals surface area (Å²) in [6, 6.07) is 7.56. The second-order valence-corrected chi connectivity index (χ2v) is 6.30. The van der Waals surface area contributed by atoms with Crippen LogP contribution in [0, 0.1) is 0 Å². The first-order valence-electron chi connectivity index (χ1n) is 7.58. The molecular weight excluding hydrogens is 388 g/mol. The lowest BCUT2D eigenvalue weighted by atomic mass is 10.2. The quantitative estimate of drug-likeness (QED) is 0.480. The molecule has 0 aliphatic rings. The lowest BCUT2D eigenvalue weighted by molar-refractivity contribution is 0.363. The number of fused-ring (bicyclic) bond motifs is 1. The van der Waals surface area contributed by atoms with E-state index >= 15 is 0 Å². The summed E-state index contributed by atoms with van der Waals surface area (Å²) < 4.78 is 10.2. The number of hydrogen-bond donors (Lipinski definition) is 0. The van der Waals surface area contributed by atoms with Crippen LogP contribution in [-0.4, -0.2) is 25.3 Å². The van der Waals surface area contributed by atoms with Crippen molar-refractivity contribution in [3.05, 3.63) is 68.1 Å². The van der Waals surface area contributed by atoms with Gasteiger partial charge in [-0.1, -0.05) is 24.8 Å². The Labute approximate surface area is 151 Å². The lowest BCUT2D eigenvalue weighted by Crippen LogP contribution is -2.37. The summed E-state index contributed by atoms with van der Waals surface area (Å²) in [6.07, 6.45) is 1.68. The molecule has 25 heavy (non-hydrogen) atoms. The van der Waals surface area contributed by atoms with E-state index in [0.717, 1.165) is 15.9 Å². The van der Waals surface area contributed by atoms with Crippen LogP contribution < -0.4 is 16.0 Å². The number of imidazole rings is 1. The molecule has 2 heterocycles. The van der Waals surface area contributed by atoms with Crippen LogP contribution in [0.15, 0.2) is 51.2 Å². The Hall–Kier alpha value is -2.61. The third-order valence-corrected chi connectivity index (χ3v) is 4.54. The van der Waals surface area contributed by atoms with E-state index in [2.05, 4.69) is 27.5 Å². The minimum absolute atomic E-state index is 0.353. The van der Waals surface area contributed by atoms with Crippen LogP contribution in [-0.2, 0) is 20.6 Å². The predicted octanol–water partition coefficient (Wildman–Crippen LogP) is 1.81. The maximum atomic E-state index is 12.5. The highest BCUT2D eigenvalue weighted by atomic mass is 79.9. The first kappa shape index (κ1) is 17.2. The van der Waals surface area contributed by atoms with Crippen molar-refractivity contribution in [1.82, 2.24) is 18.7 Å². The molecule has 0 saturated carbocycles. The van der Waals surface area contributed by atoms with Crippen LogP contribution in [0.4, 0.5) is 0 Å². The maximum absolute atomic E-state index is 12.5. The van der Waals surface area contributed by atoms with E-state index < -0.39 is 5.69 Å². The van der Waals surface area contributed by atoms with Crippen LogP contribution in [0.25, 0.3) is 11.2 Å². The highest BCUT2D eigenvalue weighted by Crippen LogP contribution is 2.19. The number of benzene rings is 1. The van der Waals surface area contributed by atoms with Gasteiger partial charge in [-0.15, -0.1) is 0 Å². The van der Waals surface area contributed by atoms with Crippen LogP contribution in [0.1, 0.15) is 5.56 Å². The average molecular weight is 405 g/mol. The Morgan fingerprint density at radius 3 is 2.52 bits per heavy atom. The highest BCUT2D eigenvalue weighted by molar-refractivity contribution is 9.10. The maximum Gasteiger partial charge on any atom is 0.332 e. The van der Waals surface area contributed by atoms with E-state index in [1.54, 1.807) is 17.7 Å². The molecule has 3 rings (SSSR count). The first-order chi connectivity index (χ1) is 11.9. The third kappa shape index (κ3) is 3.05. The molecule has 0 bridgehead atoms. The normalized spacial score (nSPS) is 11.0. The zero-order chi connectivity index (χ0) is 18.1. The van der Waals surface area contributed by atoms with Gasteiger partial charge < -0.3 is 9.30 Å². The minimum Gasteiger partial charge on any atom is -0.490 e. The molecule has 0 aliphatic heterocycles. The Balaban J connectivity index is 2.05. The minimum atomic E-state index is -0.404. The second kappa shape index (κ2) is 6.72. The van der Waals surface area contributed by atoms with Crippen molar-refractivity contribution in [2.45, 2.75) is 6.54 Å². The Kier molecular flexibility index (Phi) is 4.63. The molecule has 0 radical (unpaired) electrons. The summed E-state index contributed by atoms with van der Waals surface area (Å²) in [4.78, 5) is 28.9. The van der Waals surface area contributed by atoms with Crippen molar-refractivity contribution in [3.63, 3.8) is 0 Å². The van der Waals surface area contributed by atoms with Gasteiger partial charge >= 0.3 is 5.69 Å². The monoisotopic (exact) mass is 404 g/mol. The summed E-state index contributed by atoms with van der Waals surface area (Å²) in [5, 5.41) is 0. The van der Waals surface area contributed by atoms with E-state index in [9.17, 15) is 9.59 Å². The zero-order valence-corrected chi connectivity index (χ0v) is 15.5. The SMILES string of the molecule is C=CCOc1ccc(Cn2c(Br)nc3c2c(=O)n(C)c(=O)n3C)cc1. The summed E-state index contributed by atoms with van der Waals surface area (Å²) in [6.45, 7) is 4.50. The van der Waals surface area contributed by atoms with Crippen molar-refractivity contribution < 1.29 is 4.74 Å². The predicted molar refractivity (Wildman–Crippen MR) is 99.2 cm³/mol. The van der Waals surface area contributed by atoms with Gasteiger partial charge in [0.1, 0.15) is 12.4 Å². The fourth-order valence-corrected chi connectivity index (χ4v) is 3.06. The molecule has 2 aromatic heterocycles. The fourth-order valence-electron chi connectivity index (χ4n) is 2.59. The second-order valence-electron chi connectivity index (χ2n) is 5.59. The van der Waals surface area contributed by atoms with Gasteiger partial charge in [-0.05, 0) is 33.6 Å². The van der Waals surface area contributed by atoms with E-state index in [1.165, 1.54) is 11.6 Å². The van der Waals surface area contributed by atoms with Gasteiger partial charge in [0.2, 0.25) is 0 Å². The van der Waals surface area contributed by atoms with Crippen molar-refractivity contribution in [1.29, 1.82) is 0 Å². The Morgan fingerprint density at radius 1 is 1.20 bits per heavy atom. The van der Waals surface area contributed by atoms with Gasteiger partial charge in [0.25, 0.3) is 5.56 Å². The number of aromatic nitrogens is 4. The molecule has 0 atom stereocenters. The van der Waals surface area contributed by atoms with Crippen molar-refractivity contribution >= 4 is 27.1 Å². The number of aryl methyl sites for hydroxylation is 1. The molecule has 8 heteroatoms. The summed E-state index contributed by atoms with van der Waals surface area (Å²) >= 11 is 3.39. The van der Waals surface area contributed by atoms with Crippen molar-refractivity contribution in [2.75, 3.05) is 6.61 Å². The van der Waals surface area contributed by atoms with Crippen molar-refractivity contribution in [3.8, 4) is 5.75 Å². The average Bonchev–Trinajstić information content (AvgIpc) is 2.94. The molecule has 0 aliphatic carbocycles. The van der Waals surface area contributed by atoms with E-state index in [4.69, 9.17) is 4.74 Å². The van der Waals surface area contributed by atoms with Gasteiger partial charge in [0.05, 0.1) is 6.54 Å². The van der Waals surface area contributed by atoms with E-state index in [1.807, 2.05) is 24.3 Å². The molecule has 0 spiro atoms. The topological polar surface area (TPSA) is 71.1 Å². The Morgan fingerprint density at radius 2 is 1.88 bits per heavy atom. The lowest BCUT2D eigenvalue weighted by Gasteiger charge is -2.09. The van der Waals surface area contributed by atoms with Crippen LogP contribution in [0.3, 0.4) is 0 Å². The fraction of sp³-hybridized carbons (Fsp3) is 0.235. The van der Waals surface area contributed by atoms with Gasteiger partial charge in [-0.2, -0.15) is 0 Å². The largest absolute Gasteiger partial charge is 0.490 e. The number of hydrogen-bond acceptors (Lipinski definition) is 4. The van der Waals surface area contributed by atoms with Crippen LogP contribution >= 0.6 is 15.9 Å². The molecule has 1 aromatic carbocycles. The summed E-state index contributed by atoms with van der Waals surface area (Å²) in [5.41, 5.74) is 0.928. The molecule has 7 nitrogen and oxygen atoms in total. The van der Waals surface area contributed by atoms with Crippen molar-refractivity contribution in [2.24, 2.45) is 14.1 Å². The number of rotatable bonds is 5. The van der Waals surface area contributed by atoms with Gasteiger partial charge in [0.15, 0.2) is 15.9 Å². The van der Waals surface area contributed by atoms with Crippen LogP contribution in [0.2, 0.25) is 0 Å². The molecule has 3 aromatic rings. The molecule has 0 fully saturated rings. The number of nitrogens with zero attached hydrogens (tertiary/aromatic N) is 4. The molecule has 0 N–H and O–H groups in total. The molecular formula is C17H17BrN4O3. The molecule has 130 valence electrons. The highest BCUT2D eigenvalue weighted by Gasteiger charge is 2.17. The summed E-state index contributed by atoms with van der Waals surface area (Å²) in [7, 11) is 3.06. The molecule has 0 unspecified atom stereocenters. The van der Waals surface area contributed by atoms with E-state index in [0.29, 0.717) is 29.0 Å². The zero-order valence-electron chi connectivity index (χ0n) is 13.9. The third-order valence-electron chi connectivity index (χ3n) is 3.93. The standard InChI is InChI=1S/C17H17BrN4O3/c1-4-9-25-12-7-5-11(6-8-12)10-22-13-14(19-16(22)18)20(2)17(24)21(3)15(13)23/h4-8H,1,9-10H2,2-3H3. The number of halogens is 1. The Bertz CT molecular complexity index is 1060. The van der Waals surface area contributed by atoms with Gasteiger partial charge in [0, 0.05) is 14.1 Å². The smallest absolute Gasteiger partial charge is 0.332 e. The number of ether oxygens (including phenoxy) is 1.